The van der Waals surface area contributed by atoms with Crippen molar-refractivity contribution in [3.05, 3.63) is 30.1 Å². The van der Waals surface area contributed by atoms with Gasteiger partial charge in [0.05, 0.1) is 25.7 Å². The minimum atomic E-state index is -0.934. The van der Waals surface area contributed by atoms with Gasteiger partial charge < -0.3 is 19.6 Å². The molecule has 8 heteroatoms. The molecular weight excluding hydrogens is 338 g/mol. The van der Waals surface area contributed by atoms with Crippen molar-refractivity contribution in [2.75, 3.05) is 32.8 Å². The van der Waals surface area contributed by atoms with Gasteiger partial charge in [0.25, 0.3) is 5.91 Å². The molecule has 1 atom stereocenters. The third-order valence-corrected chi connectivity index (χ3v) is 4.98. The molecule has 26 heavy (non-hydrogen) atoms. The van der Waals surface area contributed by atoms with Crippen LogP contribution in [0.25, 0.3) is 0 Å². The first-order valence-corrected chi connectivity index (χ1v) is 8.85. The summed E-state index contributed by atoms with van der Waals surface area (Å²) in [4.78, 5) is 43.7. The summed E-state index contributed by atoms with van der Waals surface area (Å²) in [6.45, 7) is 2.16. The summed E-state index contributed by atoms with van der Waals surface area (Å²) in [7, 11) is 0. The van der Waals surface area contributed by atoms with Crippen LogP contribution < -0.4 is 0 Å². The standard InChI is InChI=1S/C18H23N3O5/c22-16(23)11-15-12-26-10-9-21(15)18(25)14-3-7-20(8-4-14)17(24)13-1-5-19-6-2-13/h1-2,5-6,14-15H,3-4,7-12H2,(H,22,23)/t15-/m1/s1. The molecule has 0 saturated carbocycles. The Balaban J connectivity index is 1.57. The lowest BCUT2D eigenvalue weighted by molar-refractivity contribution is -0.150. The Morgan fingerprint density at radius 1 is 1.15 bits per heavy atom. The number of pyridine rings is 1. The van der Waals surface area contributed by atoms with Crippen LogP contribution in [0, 0.1) is 5.92 Å². The number of carboxylic acid groups (broad SMARTS) is 1. The summed E-state index contributed by atoms with van der Waals surface area (Å²) in [5, 5.41) is 9.04. The normalized spacial score (nSPS) is 21.5. The van der Waals surface area contributed by atoms with E-state index < -0.39 is 12.0 Å². The summed E-state index contributed by atoms with van der Waals surface area (Å²) >= 11 is 0. The third-order valence-electron chi connectivity index (χ3n) is 4.98. The molecule has 1 aromatic rings. The molecule has 3 rings (SSSR count). The number of nitrogens with zero attached hydrogens (tertiary/aromatic N) is 3. The molecule has 3 heterocycles. The topological polar surface area (TPSA) is 100 Å². The molecule has 0 radical (unpaired) electrons. The van der Waals surface area contributed by atoms with Gasteiger partial charge >= 0.3 is 5.97 Å². The van der Waals surface area contributed by atoms with Gasteiger partial charge in [-0.15, -0.1) is 0 Å². The highest BCUT2D eigenvalue weighted by atomic mass is 16.5. The molecule has 2 aliphatic heterocycles. The van der Waals surface area contributed by atoms with Crippen molar-refractivity contribution in [1.82, 2.24) is 14.8 Å². The number of likely N-dealkylation sites (tertiary alicyclic amines) is 1. The fourth-order valence-corrected chi connectivity index (χ4v) is 3.56. The van der Waals surface area contributed by atoms with Crippen molar-refractivity contribution in [1.29, 1.82) is 0 Å². The van der Waals surface area contributed by atoms with Gasteiger partial charge in [0.2, 0.25) is 5.91 Å². The maximum atomic E-state index is 12.9. The second kappa shape index (κ2) is 8.27. The molecule has 2 saturated heterocycles. The zero-order valence-electron chi connectivity index (χ0n) is 14.5. The molecule has 0 unspecified atom stereocenters. The molecule has 0 aromatic carbocycles. The van der Waals surface area contributed by atoms with E-state index in [1.165, 1.54) is 0 Å². The molecule has 1 N–H and O–H groups in total. The summed E-state index contributed by atoms with van der Waals surface area (Å²) in [5.74, 6) is -1.18. The third kappa shape index (κ3) is 4.19. The van der Waals surface area contributed by atoms with Crippen LogP contribution in [-0.4, -0.2) is 76.6 Å². The fraction of sp³-hybridized carbons (Fsp3) is 0.556. The van der Waals surface area contributed by atoms with Crippen LogP contribution in [0.4, 0.5) is 0 Å². The Morgan fingerprint density at radius 3 is 2.50 bits per heavy atom. The van der Waals surface area contributed by atoms with E-state index in [1.807, 2.05) is 0 Å². The van der Waals surface area contributed by atoms with Crippen LogP contribution in [-0.2, 0) is 14.3 Å². The number of morpholine rings is 1. The van der Waals surface area contributed by atoms with E-state index in [2.05, 4.69) is 4.98 Å². The van der Waals surface area contributed by atoms with Gasteiger partial charge in [0.15, 0.2) is 0 Å². The van der Waals surface area contributed by atoms with Gasteiger partial charge in [-0.1, -0.05) is 0 Å². The second-order valence-electron chi connectivity index (χ2n) is 6.66. The summed E-state index contributed by atoms with van der Waals surface area (Å²) < 4.78 is 5.33. The van der Waals surface area contributed by atoms with Gasteiger partial charge in [-0.2, -0.15) is 0 Å². The van der Waals surface area contributed by atoms with Crippen molar-refractivity contribution in [3.63, 3.8) is 0 Å². The van der Waals surface area contributed by atoms with E-state index in [1.54, 1.807) is 34.3 Å². The van der Waals surface area contributed by atoms with Crippen molar-refractivity contribution in [3.8, 4) is 0 Å². The maximum Gasteiger partial charge on any atom is 0.305 e. The van der Waals surface area contributed by atoms with Crippen LogP contribution in [0.2, 0.25) is 0 Å². The van der Waals surface area contributed by atoms with Gasteiger partial charge in [-0.25, -0.2) is 0 Å². The van der Waals surface area contributed by atoms with Crippen LogP contribution in [0.1, 0.15) is 29.6 Å². The second-order valence-corrected chi connectivity index (χ2v) is 6.66. The van der Waals surface area contributed by atoms with E-state index in [0.29, 0.717) is 44.6 Å². The predicted molar refractivity (Wildman–Crippen MR) is 91.4 cm³/mol. The number of hydrogen-bond acceptors (Lipinski definition) is 5. The Bertz CT molecular complexity index is 658. The first-order chi connectivity index (χ1) is 12.6. The lowest BCUT2D eigenvalue weighted by Gasteiger charge is -2.39. The van der Waals surface area contributed by atoms with Crippen molar-refractivity contribution < 1.29 is 24.2 Å². The predicted octanol–water partition coefficient (Wildman–Crippen LogP) is 0.636. The van der Waals surface area contributed by atoms with Gasteiger partial charge in [-0.3, -0.25) is 19.4 Å². The van der Waals surface area contributed by atoms with E-state index >= 15 is 0 Å². The highest BCUT2D eigenvalue weighted by molar-refractivity contribution is 5.94. The maximum absolute atomic E-state index is 12.9. The van der Waals surface area contributed by atoms with Gasteiger partial charge in [-0.05, 0) is 25.0 Å². The average molecular weight is 361 g/mol. The summed E-state index contributed by atoms with van der Waals surface area (Å²) in [6.07, 6.45) is 4.25. The number of carboxylic acids is 1. The van der Waals surface area contributed by atoms with Crippen molar-refractivity contribution in [2.45, 2.75) is 25.3 Å². The molecule has 0 aliphatic carbocycles. The molecule has 140 valence electrons. The molecule has 8 nitrogen and oxygen atoms in total. The zero-order chi connectivity index (χ0) is 18.5. The molecule has 2 aliphatic rings. The zero-order valence-corrected chi connectivity index (χ0v) is 14.5. The molecule has 2 amide bonds. The highest BCUT2D eigenvalue weighted by Gasteiger charge is 2.35. The number of aliphatic carboxylic acids is 1. The molecule has 0 spiro atoms. The Hall–Kier alpha value is -2.48. The van der Waals surface area contributed by atoms with E-state index in [0.717, 1.165) is 0 Å². The van der Waals surface area contributed by atoms with E-state index in [9.17, 15) is 14.4 Å². The fourth-order valence-electron chi connectivity index (χ4n) is 3.56. The monoisotopic (exact) mass is 361 g/mol. The van der Waals surface area contributed by atoms with Crippen molar-refractivity contribution >= 4 is 17.8 Å². The van der Waals surface area contributed by atoms with Crippen LogP contribution >= 0.6 is 0 Å². The molecule has 2 fully saturated rings. The number of rotatable bonds is 4. The quantitative estimate of drug-likeness (QED) is 0.845. The number of amides is 2. The molecule has 1 aromatic heterocycles. The smallest absolute Gasteiger partial charge is 0.305 e. The number of piperidine rings is 1. The van der Waals surface area contributed by atoms with Gasteiger partial charge in [0, 0.05) is 43.5 Å². The molecular formula is C18H23N3O5. The van der Waals surface area contributed by atoms with Crippen LogP contribution in [0.3, 0.4) is 0 Å². The number of aromatic nitrogens is 1. The van der Waals surface area contributed by atoms with Crippen LogP contribution in [0.5, 0.6) is 0 Å². The number of hydrogen-bond donors (Lipinski definition) is 1. The Kier molecular flexibility index (Phi) is 5.82. The van der Waals surface area contributed by atoms with E-state index in [-0.39, 0.29) is 30.8 Å². The van der Waals surface area contributed by atoms with Gasteiger partial charge in [0.1, 0.15) is 0 Å². The SMILES string of the molecule is O=C(O)C[C@@H]1COCCN1C(=O)C1CCN(C(=O)c2ccncc2)CC1. The minimum Gasteiger partial charge on any atom is -0.481 e. The minimum absolute atomic E-state index is 0.0180. The summed E-state index contributed by atoms with van der Waals surface area (Å²) in [5.41, 5.74) is 0.597. The summed E-state index contributed by atoms with van der Waals surface area (Å²) in [6, 6.07) is 2.96. The Morgan fingerprint density at radius 2 is 1.85 bits per heavy atom. The number of carbonyl (C=O) groups excluding carboxylic acids is 2. The average Bonchev–Trinajstić information content (AvgIpc) is 2.68. The first-order valence-electron chi connectivity index (χ1n) is 8.85. The largest absolute Gasteiger partial charge is 0.481 e. The lowest BCUT2D eigenvalue weighted by atomic mass is 9.93. The van der Waals surface area contributed by atoms with Crippen molar-refractivity contribution in [2.24, 2.45) is 5.92 Å². The Labute approximate surface area is 151 Å². The number of carbonyl (C=O) groups is 3. The van der Waals surface area contributed by atoms with Crippen LogP contribution in [0.15, 0.2) is 24.5 Å². The molecule has 0 bridgehead atoms. The number of ether oxygens (including phenoxy) is 1. The first kappa shape index (κ1) is 18.3. The lowest BCUT2D eigenvalue weighted by Crippen LogP contribution is -2.53. The highest BCUT2D eigenvalue weighted by Crippen LogP contribution is 2.24. The van der Waals surface area contributed by atoms with E-state index in [4.69, 9.17) is 9.84 Å².